The van der Waals surface area contributed by atoms with E-state index in [2.05, 4.69) is 0 Å². The number of rotatable bonds is 10. The predicted molar refractivity (Wildman–Crippen MR) is 84.5 cm³/mol. The van der Waals surface area contributed by atoms with Crippen LogP contribution in [0.2, 0.25) is 8.87 Å². The van der Waals surface area contributed by atoms with Gasteiger partial charge in [-0.2, -0.15) is 0 Å². The summed E-state index contributed by atoms with van der Waals surface area (Å²) >= 11 is -2.66. The van der Waals surface area contributed by atoms with Gasteiger partial charge in [0.2, 0.25) is 0 Å². The predicted octanol–water partition coefficient (Wildman–Crippen LogP) is -1.29. The van der Waals surface area contributed by atoms with Crippen molar-refractivity contribution in [1.82, 2.24) is 0 Å². The second-order valence-corrected chi connectivity index (χ2v) is 34.8. The first kappa shape index (κ1) is 24.6. The van der Waals surface area contributed by atoms with Crippen molar-refractivity contribution in [3.8, 4) is 0 Å². The molecule has 0 spiro atoms. The molecule has 12 heteroatoms. The van der Waals surface area contributed by atoms with E-state index in [0.717, 1.165) is 8.87 Å². The molecule has 0 aromatic carbocycles. The number of hydrogen-bond donors (Lipinski definition) is 2. The summed E-state index contributed by atoms with van der Waals surface area (Å²) in [6, 6.07) is 0. The molecule has 0 saturated carbocycles. The van der Waals surface area contributed by atoms with Gasteiger partial charge in [-0.15, -0.1) is 0 Å². The van der Waals surface area contributed by atoms with E-state index in [1.54, 1.807) is 17.9 Å². The minimum absolute atomic E-state index is 0. The standard InChI is InChI=1S/2C2H6O3S2.2C2H5.Na.Sn/c2*3-7(4,5)2-1-6;2*1-2;;/h2*6H,1-2H2,(H,3,4,5);2*1H2,2H3;;/q;;;;+1;+2/p-2. The van der Waals surface area contributed by atoms with Crippen LogP contribution in [0.1, 0.15) is 13.8 Å². The molecular weight excluding hydrogens is 462 g/mol. The second-order valence-electron chi connectivity index (χ2n) is 3.89. The van der Waals surface area contributed by atoms with Gasteiger partial charge >= 0.3 is 155 Å². The van der Waals surface area contributed by atoms with Crippen LogP contribution in [0.4, 0.5) is 0 Å². The zero-order valence-electron chi connectivity index (χ0n) is 11.9. The molecule has 0 amide bonds. The van der Waals surface area contributed by atoms with Crippen LogP contribution >= 0.6 is 17.9 Å². The van der Waals surface area contributed by atoms with Crippen LogP contribution in [0, 0.1) is 0 Å². The van der Waals surface area contributed by atoms with E-state index in [9.17, 15) is 16.8 Å². The molecule has 0 fully saturated rings. The normalized spacial score (nSPS) is 13.0. The molecule has 0 aliphatic rings. The summed E-state index contributed by atoms with van der Waals surface area (Å²) in [7, 11) is -4.67. The second kappa shape index (κ2) is 11.0. The maximum absolute atomic E-state index is 10.7. The summed E-state index contributed by atoms with van der Waals surface area (Å²) in [5.74, 6) is 0.148. The maximum Gasteiger partial charge on any atom is 1.00 e. The van der Waals surface area contributed by atoms with Crippen LogP contribution in [-0.2, 0) is 20.2 Å². The molecule has 0 heterocycles. The molecule has 0 atom stereocenters. The molecular formula is C8H20NaO6S4Sn+. The van der Waals surface area contributed by atoms with Crippen molar-refractivity contribution < 1.29 is 55.5 Å². The molecule has 0 aromatic heterocycles. The van der Waals surface area contributed by atoms with Crippen LogP contribution in [0.15, 0.2) is 0 Å². The minimum atomic E-state index is -3.94. The van der Waals surface area contributed by atoms with Gasteiger partial charge in [-0.3, -0.25) is 0 Å². The molecule has 20 heavy (non-hydrogen) atoms. The van der Waals surface area contributed by atoms with Crippen molar-refractivity contribution in [1.29, 1.82) is 0 Å². The first-order chi connectivity index (χ1) is 8.54. The first-order valence-corrected chi connectivity index (χ1v) is 21.9. The van der Waals surface area contributed by atoms with Crippen LogP contribution in [-0.4, -0.2) is 64.6 Å². The Morgan fingerprint density at radius 3 is 1.35 bits per heavy atom. The molecule has 0 aliphatic carbocycles. The average Bonchev–Trinajstić information content (AvgIpc) is 2.24. The van der Waals surface area contributed by atoms with E-state index in [0.29, 0.717) is 11.5 Å². The van der Waals surface area contributed by atoms with Gasteiger partial charge in [0.1, 0.15) is 0 Å². The molecule has 0 radical (unpaired) electrons. The fourth-order valence-corrected chi connectivity index (χ4v) is 30.2. The van der Waals surface area contributed by atoms with Gasteiger partial charge in [-0.25, -0.2) is 0 Å². The Bertz CT molecular complexity index is 421. The van der Waals surface area contributed by atoms with Gasteiger partial charge in [0, 0.05) is 0 Å². The van der Waals surface area contributed by atoms with Crippen molar-refractivity contribution in [2.45, 2.75) is 22.7 Å². The molecule has 0 unspecified atom stereocenters. The van der Waals surface area contributed by atoms with E-state index in [1.165, 1.54) is 0 Å². The fraction of sp³-hybridized carbons (Fsp3) is 1.00. The summed E-state index contributed by atoms with van der Waals surface area (Å²) in [4.78, 5) is 0. The summed E-state index contributed by atoms with van der Waals surface area (Å²) in [5, 5.41) is 0. The quantitative estimate of drug-likeness (QED) is 0.293. The zero-order chi connectivity index (χ0) is 15.2. The van der Waals surface area contributed by atoms with Crippen molar-refractivity contribution >= 4 is 53.7 Å². The molecule has 116 valence electrons. The van der Waals surface area contributed by atoms with E-state index in [-0.39, 0.29) is 41.1 Å². The molecule has 0 rings (SSSR count). The topological polar surface area (TPSA) is 109 Å². The van der Waals surface area contributed by atoms with E-state index in [1.807, 2.05) is 13.8 Å². The smallest absolute Gasteiger partial charge is 1.00 e. The van der Waals surface area contributed by atoms with Crippen LogP contribution in [0.25, 0.3) is 0 Å². The third-order valence-electron chi connectivity index (χ3n) is 2.49. The Labute approximate surface area is 153 Å². The van der Waals surface area contributed by atoms with E-state index in [4.69, 9.17) is 9.11 Å². The fourth-order valence-electron chi connectivity index (χ4n) is 1.37. The largest absolute Gasteiger partial charge is 1.00 e. The third kappa shape index (κ3) is 12.8. The summed E-state index contributed by atoms with van der Waals surface area (Å²) < 4.78 is 62.0. The maximum atomic E-state index is 10.7. The molecule has 0 aliphatic heterocycles. The van der Waals surface area contributed by atoms with Gasteiger partial charge in [-0.1, -0.05) is 0 Å². The molecule has 2 N–H and O–H groups in total. The van der Waals surface area contributed by atoms with Gasteiger partial charge in [-0.05, 0) is 0 Å². The molecule has 0 aromatic rings. The average molecular weight is 482 g/mol. The van der Waals surface area contributed by atoms with Crippen LogP contribution in [0.5, 0.6) is 0 Å². The van der Waals surface area contributed by atoms with Crippen molar-refractivity contribution in [2.24, 2.45) is 0 Å². The minimum Gasteiger partial charge on any atom is 1.00 e. The van der Waals surface area contributed by atoms with Crippen molar-refractivity contribution in [3.63, 3.8) is 0 Å². The SMILES string of the molecule is C[CH2][Sn]([CH2]C)([S]CCS(=O)(=O)O)[S]CCS(=O)(=O)O.[Na+]. The van der Waals surface area contributed by atoms with Gasteiger partial charge in [0.05, 0.1) is 0 Å². The molecule has 0 saturated heterocycles. The molecule has 0 bridgehead atoms. The zero-order valence-corrected chi connectivity index (χ0v) is 20.0. The summed E-state index contributed by atoms with van der Waals surface area (Å²) in [5.41, 5.74) is 0. The van der Waals surface area contributed by atoms with Gasteiger partial charge < -0.3 is 0 Å². The van der Waals surface area contributed by atoms with Crippen LogP contribution < -0.4 is 29.6 Å². The Morgan fingerprint density at radius 1 is 0.850 bits per heavy atom. The van der Waals surface area contributed by atoms with Crippen molar-refractivity contribution in [2.75, 3.05) is 23.0 Å². The Hall–Kier alpha value is 2.32. The van der Waals surface area contributed by atoms with E-state index < -0.39 is 35.8 Å². The summed E-state index contributed by atoms with van der Waals surface area (Å²) in [6.45, 7) is 4.06. The first-order valence-electron chi connectivity index (χ1n) is 5.72. The Kier molecular flexibility index (Phi) is 13.5. The summed E-state index contributed by atoms with van der Waals surface area (Å²) in [6.07, 6.45) is 0. The Morgan fingerprint density at radius 2 is 1.15 bits per heavy atom. The monoisotopic (exact) mass is 483 g/mol. The Balaban J connectivity index is 0. The van der Waals surface area contributed by atoms with E-state index >= 15 is 0 Å². The third-order valence-corrected chi connectivity index (χ3v) is 37.5. The molecule has 6 nitrogen and oxygen atoms in total. The van der Waals surface area contributed by atoms with Crippen LogP contribution in [0.3, 0.4) is 0 Å². The number of hydrogen-bond acceptors (Lipinski definition) is 6. The van der Waals surface area contributed by atoms with Gasteiger partial charge in [0.15, 0.2) is 0 Å². The van der Waals surface area contributed by atoms with Crippen molar-refractivity contribution in [3.05, 3.63) is 0 Å². The van der Waals surface area contributed by atoms with Gasteiger partial charge in [0.25, 0.3) is 0 Å².